The summed E-state index contributed by atoms with van der Waals surface area (Å²) in [4.78, 5) is 11.3. The van der Waals surface area contributed by atoms with Gasteiger partial charge in [0.15, 0.2) is 17.4 Å². The Kier molecular flexibility index (Phi) is 18.6. The van der Waals surface area contributed by atoms with Gasteiger partial charge < -0.3 is 16.0 Å². The largest absolute Gasteiger partial charge is 1.00 e. The Labute approximate surface area is 259 Å². The van der Waals surface area contributed by atoms with Crippen LogP contribution >= 0.6 is 0 Å². The van der Waals surface area contributed by atoms with Crippen LogP contribution < -0.4 is 18.9 Å². The van der Waals surface area contributed by atoms with Gasteiger partial charge in [-0.3, -0.25) is 4.79 Å². The van der Waals surface area contributed by atoms with E-state index >= 15 is 0 Å². The molecule has 0 radical (unpaired) electrons. The number of esters is 1. The van der Waals surface area contributed by atoms with Crippen LogP contribution in [0.1, 0.15) is 50.1 Å². The van der Waals surface area contributed by atoms with E-state index in [9.17, 15) is 4.79 Å². The maximum atomic E-state index is 11.3. The number of hydrogen-bond acceptors (Lipinski definition) is 8. The van der Waals surface area contributed by atoms with Gasteiger partial charge in [0.2, 0.25) is 0 Å². The topological polar surface area (TPSA) is 117 Å². The van der Waals surface area contributed by atoms with E-state index in [2.05, 4.69) is 20.6 Å². The number of hydrogen-bond donors (Lipinski definition) is 1. The number of nitrogens with zero attached hydrogens (tertiary/aromatic N) is 6. The monoisotopic (exact) mass is 558 g/mol. The van der Waals surface area contributed by atoms with Crippen LogP contribution in [0.25, 0.3) is 0 Å². The number of aliphatic hydroxyl groups is 1. The second-order valence-electron chi connectivity index (χ2n) is 8.52. The zero-order chi connectivity index (χ0) is 26.8. The summed E-state index contributed by atoms with van der Waals surface area (Å²) in [5, 5.41) is 24.6. The maximum absolute atomic E-state index is 11.3. The van der Waals surface area contributed by atoms with Crippen molar-refractivity contribution in [2.24, 2.45) is 0 Å². The van der Waals surface area contributed by atoms with Gasteiger partial charge in [-0.1, -0.05) is 71.1 Å². The molecule has 0 amide bonds. The van der Waals surface area contributed by atoms with E-state index in [-0.39, 0.29) is 50.2 Å². The number of carbonyl (C=O) groups is 1. The van der Waals surface area contributed by atoms with Crippen molar-refractivity contribution in [1.29, 1.82) is 0 Å². The molecule has 2 aromatic carbocycles. The van der Waals surface area contributed by atoms with Crippen LogP contribution in [0.4, 0.5) is 0 Å². The van der Waals surface area contributed by atoms with Gasteiger partial charge in [0.1, 0.15) is 0 Å². The summed E-state index contributed by atoms with van der Waals surface area (Å²) < 4.78 is 13.4. The smallest absolute Gasteiger partial charge is 1.00 e. The van der Waals surface area contributed by atoms with Crippen molar-refractivity contribution in [3.8, 4) is 0 Å². The first-order chi connectivity index (χ1) is 18.7. The first-order valence-electron chi connectivity index (χ1n) is 12.9. The van der Waals surface area contributed by atoms with Crippen molar-refractivity contribution < 1.29 is 39.7 Å². The minimum Gasteiger partial charge on any atom is -1.00 e. The molecule has 0 unspecified atom stereocenters. The number of carbonyl (C=O) groups excluding carboxylic acids is 1. The molecule has 0 atom stereocenters. The van der Waals surface area contributed by atoms with Crippen LogP contribution in [0.3, 0.4) is 0 Å². The summed E-state index contributed by atoms with van der Waals surface area (Å²) in [5.74, 6) is -0.185. The molecule has 1 N–H and O–H groups in total. The molecule has 0 bridgehead atoms. The van der Waals surface area contributed by atoms with E-state index in [1.54, 1.807) is 24.0 Å². The molecule has 10 nitrogen and oxygen atoms in total. The van der Waals surface area contributed by atoms with Gasteiger partial charge in [0.25, 0.3) is 0 Å². The zero-order valence-electron chi connectivity index (χ0n) is 23.9. The van der Waals surface area contributed by atoms with Crippen molar-refractivity contribution >= 4 is 23.3 Å². The van der Waals surface area contributed by atoms with Crippen LogP contribution in [-0.4, -0.2) is 78.2 Å². The Bertz CT molecular complexity index is 1190. The number of benzene rings is 2. The van der Waals surface area contributed by atoms with E-state index < -0.39 is 0 Å². The maximum Gasteiger partial charge on any atom is 1.00 e. The Balaban J connectivity index is 0.000000641. The molecule has 1 aliphatic heterocycles. The van der Waals surface area contributed by atoms with E-state index in [0.717, 1.165) is 35.7 Å². The third-order valence-corrected chi connectivity index (χ3v) is 5.63. The Morgan fingerprint density at radius 3 is 1.85 bits per heavy atom. The number of aromatic nitrogens is 6. The standard InChI is InChI=1S/C14H17N3O2.C10H11N3O.C4H8O.Al.Li.4H/c1-2-19-14(18)9-8-13-10-15-16-17(13)11-12-6-4-3-5-7-12;14-8-10-6-11-12-13(10)7-9-4-2-1-3-5-9;1-2-4-5-3-1;;;;;;/h3-7,10H,2,8-9,11H2,1H3;1-6,14H,7-8H2;1-4H2;;;;;;/q;;;;+1;;;;-1. The molecule has 1 saturated heterocycles. The molecule has 4 aromatic rings. The Hall–Kier alpha value is -2.76. The van der Waals surface area contributed by atoms with Crippen LogP contribution in [-0.2, 0) is 40.4 Å². The van der Waals surface area contributed by atoms with E-state index in [4.69, 9.17) is 14.6 Å². The minimum absolute atomic E-state index is 0. The van der Waals surface area contributed by atoms with Crippen molar-refractivity contribution in [2.45, 2.75) is 52.3 Å². The summed E-state index contributed by atoms with van der Waals surface area (Å²) >= 11 is 0. The first kappa shape index (κ1) is 35.3. The summed E-state index contributed by atoms with van der Waals surface area (Å²) in [6.45, 7) is 5.51. The van der Waals surface area contributed by atoms with Gasteiger partial charge in [-0.15, -0.1) is 10.2 Å². The van der Waals surface area contributed by atoms with E-state index in [0.29, 0.717) is 32.5 Å². The molecule has 12 heteroatoms. The fraction of sp³-hybridized carbons (Fsp3) is 0.393. The number of ether oxygens (including phenoxy) is 2. The molecular weight excluding hydrogens is 518 g/mol. The van der Waals surface area contributed by atoms with Gasteiger partial charge >= 0.3 is 24.8 Å². The molecule has 0 spiro atoms. The molecule has 40 heavy (non-hydrogen) atoms. The Morgan fingerprint density at radius 1 is 0.900 bits per heavy atom. The van der Waals surface area contributed by atoms with Crippen LogP contribution in [0.15, 0.2) is 73.1 Å². The third-order valence-electron chi connectivity index (χ3n) is 5.63. The predicted octanol–water partition coefficient (Wildman–Crippen LogP) is -0.630. The molecule has 5 rings (SSSR count). The molecule has 1 fully saturated rings. The van der Waals surface area contributed by atoms with Gasteiger partial charge in [-0.25, -0.2) is 9.36 Å². The fourth-order valence-corrected chi connectivity index (χ4v) is 3.63. The molecule has 210 valence electrons. The van der Waals surface area contributed by atoms with E-state index in [1.165, 1.54) is 12.8 Å². The predicted molar refractivity (Wildman–Crippen MR) is 153 cm³/mol. The SMILES string of the molecule is C1CCOC1.CCOC(=O)CCc1cnnn1Cc1ccccc1.OCc1cnnn1Cc1ccccc1.[AlH3].[H-].[Li+]. The van der Waals surface area contributed by atoms with E-state index in [1.807, 2.05) is 65.3 Å². The Morgan fingerprint density at radius 2 is 1.40 bits per heavy atom. The van der Waals surface area contributed by atoms with Crippen molar-refractivity contribution in [3.63, 3.8) is 0 Å². The zero-order valence-corrected chi connectivity index (χ0v) is 22.9. The average Bonchev–Trinajstić information content (AvgIpc) is 3.74. The molecule has 1 aliphatic rings. The van der Waals surface area contributed by atoms with Crippen LogP contribution in [0.5, 0.6) is 0 Å². The second-order valence-corrected chi connectivity index (χ2v) is 8.52. The molecule has 0 saturated carbocycles. The van der Waals surface area contributed by atoms with Crippen LogP contribution in [0, 0.1) is 0 Å². The van der Waals surface area contributed by atoms with Gasteiger partial charge in [0.05, 0.1) is 56.5 Å². The van der Waals surface area contributed by atoms with Crippen molar-refractivity contribution in [3.05, 3.63) is 95.6 Å². The normalized spacial score (nSPS) is 11.6. The summed E-state index contributed by atoms with van der Waals surface area (Å²) in [5.41, 5.74) is 3.98. The van der Waals surface area contributed by atoms with Gasteiger partial charge in [-0.05, 0) is 30.9 Å². The molecule has 3 heterocycles. The van der Waals surface area contributed by atoms with Gasteiger partial charge in [0, 0.05) is 19.6 Å². The molecular formula is C28H40AlLiN6O4. The summed E-state index contributed by atoms with van der Waals surface area (Å²) in [6, 6.07) is 20.0. The average molecular weight is 559 g/mol. The fourth-order valence-electron chi connectivity index (χ4n) is 3.63. The summed E-state index contributed by atoms with van der Waals surface area (Å²) in [7, 11) is 0. The van der Waals surface area contributed by atoms with Crippen molar-refractivity contribution in [2.75, 3.05) is 19.8 Å². The second kappa shape index (κ2) is 21.0. The first-order valence-corrected chi connectivity index (χ1v) is 12.9. The van der Waals surface area contributed by atoms with Gasteiger partial charge in [-0.2, -0.15) is 0 Å². The summed E-state index contributed by atoms with van der Waals surface area (Å²) in [6.07, 6.45) is 6.78. The van der Waals surface area contributed by atoms with Crippen molar-refractivity contribution in [1.82, 2.24) is 30.0 Å². The minimum atomic E-state index is -0.185. The number of rotatable bonds is 9. The van der Waals surface area contributed by atoms with Crippen LogP contribution in [0.2, 0.25) is 0 Å². The molecule has 2 aromatic heterocycles. The molecule has 0 aliphatic carbocycles. The quantitative estimate of drug-likeness (QED) is 0.213. The third kappa shape index (κ3) is 13.1. The number of aryl methyl sites for hydroxylation is 1. The number of aliphatic hydroxyl groups excluding tert-OH is 1.